The molecule has 1 aromatic heterocycles. The molecule has 0 aliphatic heterocycles. The third-order valence-corrected chi connectivity index (χ3v) is 2.87. The van der Waals surface area contributed by atoms with Crippen LogP contribution in [0.3, 0.4) is 0 Å². The van der Waals surface area contributed by atoms with Crippen LogP contribution in [0.15, 0.2) is 12.1 Å². The van der Waals surface area contributed by atoms with Crippen LogP contribution in [0.5, 0.6) is 0 Å². The van der Waals surface area contributed by atoms with Gasteiger partial charge in [-0.25, -0.2) is 4.98 Å². The summed E-state index contributed by atoms with van der Waals surface area (Å²) in [5.74, 6) is 1.56. The number of aromatic nitrogens is 1. The topological polar surface area (TPSA) is 71.3 Å². The maximum Gasteiger partial charge on any atom is 0.311 e. The normalized spacial score (nSPS) is 10.7. The molecule has 0 amide bonds. The van der Waals surface area contributed by atoms with E-state index in [0.29, 0.717) is 24.1 Å². The Morgan fingerprint density at radius 2 is 2.10 bits per heavy atom. The lowest BCUT2D eigenvalue weighted by molar-refractivity contribution is -0.384. The molecular weight excluding hydrogens is 256 g/mol. The quantitative estimate of drug-likeness (QED) is 0.584. The second kappa shape index (κ2) is 7.67. The first-order valence-electron chi connectivity index (χ1n) is 7.13. The molecule has 1 aromatic rings. The number of nitro groups is 1. The van der Waals surface area contributed by atoms with E-state index in [1.165, 1.54) is 6.07 Å². The van der Waals surface area contributed by atoms with E-state index < -0.39 is 0 Å². The van der Waals surface area contributed by atoms with E-state index >= 15 is 0 Å². The van der Waals surface area contributed by atoms with Crippen LogP contribution in [-0.4, -0.2) is 29.5 Å². The number of rotatable bonds is 8. The predicted molar refractivity (Wildman–Crippen MR) is 82.4 cm³/mol. The van der Waals surface area contributed by atoms with Crippen LogP contribution in [0.1, 0.15) is 34.1 Å². The summed E-state index contributed by atoms with van der Waals surface area (Å²) in [5.41, 5.74) is 0.0644. The van der Waals surface area contributed by atoms with Gasteiger partial charge < -0.3 is 10.2 Å². The minimum atomic E-state index is -0.366. The smallest absolute Gasteiger partial charge is 0.311 e. The number of nitrogens with zero attached hydrogens (tertiary/aromatic N) is 3. The van der Waals surface area contributed by atoms with E-state index in [9.17, 15) is 10.1 Å². The first kappa shape index (κ1) is 16.2. The van der Waals surface area contributed by atoms with E-state index in [2.05, 4.69) is 31.1 Å². The van der Waals surface area contributed by atoms with Crippen LogP contribution in [0.4, 0.5) is 17.3 Å². The first-order valence-corrected chi connectivity index (χ1v) is 7.13. The van der Waals surface area contributed by atoms with Crippen LogP contribution < -0.4 is 10.2 Å². The van der Waals surface area contributed by atoms with Gasteiger partial charge in [0.05, 0.1) is 4.92 Å². The molecule has 1 N–H and O–H groups in total. The molecule has 0 saturated carbocycles. The van der Waals surface area contributed by atoms with Crippen molar-refractivity contribution >= 4 is 17.3 Å². The molecule has 112 valence electrons. The Hall–Kier alpha value is -1.85. The van der Waals surface area contributed by atoms with Crippen LogP contribution in [0.2, 0.25) is 0 Å². The van der Waals surface area contributed by atoms with Gasteiger partial charge in [0.2, 0.25) is 5.82 Å². The van der Waals surface area contributed by atoms with Crippen molar-refractivity contribution in [3.8, 4) is 0 Å². The van der Waals surface area contributed by atoms with Crippen molar-refractivity contribution in [2.45, 2.75) is 34.1 Å². The molecule has 0 aromatic carbocycles. The maximum atomic E-state index is 11.2. The molecule has 0 saturated heterocycles. The molecule has 0 atom stereocenters. The van der Waals surface area contributed by atoms with Crippen molar-refractivity contribution in [3.63, 3.8) is 0 Å². The summed E-state index contributed by atoms with van der Waals surface area (Å²) in [4.78, 5) is 17.2. The zero-order valence-corrected chi connectivity index (χ0v) is 12.7. The van der Waals surface area contributed by atoms with Gasteiger partial charge in [-0.05, 0) is 25.3 Å². The van der Waals surface area contributed by atoms with Gasteiger partial charge in [0.15, 0.2) is 0 Å². The van der Waals surface area contributed by atoms with E-state index in [0.717, 1.165) is 19.5 Å². The van der Waals surface area contributed by atoms with Gasteiger partial charge in [-0.1, -0.05) is 20.8 Å². The van der Waals surface area contributed by atoms with E-state index in [1.54, 1.807) is 6.07 Å². The number of hydrogen-bond donors (Lipinski definition) is 1. The van der Waals surface area contributed by atoms with Gasteiger partial charge in [-0.15, -0.1) is 0 Å². The third kappa shape index (κ3) is 4.36. The Labute approximate surface area is 120 Å². The van der Waals surface area contributed by atoms with Gasteiger partial charge in [0, 0.05) is 25.7 Å². The van der Waals surface area contributed by atoms with Crippen LogP contribution >= 0.6 is 0 Å². The molecule has 1 rings (SSSR count). The van der Waals surface area contributed by atoms with Gasteiger partial charge in [0.1, 0.15) is 5.82 Å². The molecular formula is C14H24N4O2. The second-order valence-corrected chi connectivity index (χ2v) is 5.16. The number of hydrogen-bond acceptors (Lipinski definition) is 5. The SMILES string of the molecule is CCCNc1ccc([N+](=O)[O-])c(N(CC)CC(C)C)n1. The largest absolute Gasteiger partial charge is 0.370 e. The first-order chi connectivity index (χ1) is 9.49. The van der Waals surface area contributed by atoms with Crippen molar-refractivity contribution in [1.29, 1.82) is 0 Å². The maximum absolute atomic E-state index is 11.2. The summed E-state index contributed by atoms with van der Waals surface area (Å²) >= 11 is 0. The fraction of sp³-hybridized carbons (Fsp3) is 0.643. The zero-order valence-electron chi connectivity index (χ0n) is 12.7. The van der Waals surface area contributed by atoms with Crippen molar-refractivity contribution in [3.05, 3.63) is 22.2 Å². The fourth-order valence-electron chi connectivity index (χ4n) is 1.97. The van der Waals surface area contributed by atoms with Gasteiger partial charge in [0.25, 0.3) is 0 Å². The molecule has 0 spiro atoms. The minimum absolute atomic E-state index is 0.0644. The lowest BCUT2D eigenvalue weighted by Gasteiger charge is -2.24. The Morgan fingerprint density at radius 3 is 2.60 bits per heavy atom. The summed E-state index contributed by atoms with van der Waals surface area (Å²) < 4.78 is 0. The highest BCUT2D eigenvalue weighted by Crippen LogP contribution is 2.28. The lowest BCUT2D eigenvalue weighted by atomic mass is 10.2. The molecule has 0 fully saturated rings. The van der Waals surface area contributed by atoms with E-state index in [-0.39, 0.29) is 10.6 Å². The molecule has 20 heavy (non-hydrogen) atoms. The summed E-state index contributed by atoms with van der Waals surface area (Å²) in [6.45, 7) is 10.5. The van der Waals surface area contributed by atoms with Crippen molar-refractivity contribution < 1.29 is 4.92 Å². The lowest BCUT2D eigenvalue weighted by Crippen LogP contribution is -2.29. The van der Waals surface area contributed by atoms with Crippen LogP contribution in [-0.2, 0) is 0 Å². The highest BCUT2D eigenvalue weighted by molar-refractivity contribution is 5.61. The average molecular weight is 280 g/mol. The second-order valence-electron chi connectivity index (χ2n) is 5.16. The van der Waals surface area contributed by atoms with Gasteiger partial charge in [-0.3, -0.25) is 10.1 Å². The van der Waals surface area contributed by atoms with Crippen molar-refractivity contribution in [2.24, 2.45) is 5.92 Å². The molecule has 0 bridgehead atoms. The Morgan fingerprint density at radius 1 is 1.40 bits per heavy atom. The van der Waals surface area contributed by atoms with Crippen molar-refractivity contribution in [2.75, 3.05) is 29.9 Å². The third-order valence-electron chi connectivity index (χ3n) is 2.87. The average Bonchev–Trinajstić information content (AvgIpc) is 2.41. The molecule has 1 heterocycles. The number of anilines is 2. The predicted octanol–water partition coefficient (Wildman–Crippen LogP) is 3.29. The minimum Gasteiger partial charge on any atom is -0.370 e. The van der Waals surface area contributed by atoms with Crippen LogP contribution in [0.25, 0.3) is 0 Å². The summed E-state index contributed by atoms with van der Waals surface area (Å²) in [6.07, 6.45) is 0.984. The van der Waals surface area contributed by atoms with E-state index in [4.69, 9.17) is 0 Å². The van der Waals surface area contributed by atoms with Crippen LogP contribution in [0, 0.1) is 16.0 Å². The standard InChI is InChI=1S/C14H24N4O2/c1-5-9-15-13-8-7-12(18(19)20)14(16-13)17(6-2)10-11(3)4/h7-8,11H,5-6,9-10H2,1-4H3,(H,15,16). The number of pyridine rings is 1. The Balaban J connectivity index is 3.12. The highest BCUT2D eigenvalue weighted by Gasteiger charge is 2.21. The Bertz CT molecular complexity index is 449. The van der Waals surface area contributed by atoms with E-state index in [1.807, 2.05) is 11.8 Å². The molecule has 6 heteroatoms. The molecule has 0 aliphatic rings. The summed E-state index contributed by atoms with van der Waals surface area (Å²) in [7, 11) is 0. The zero-order chi connectivity index (χ0) is 15.1. The monoisotopic (exact) mass is 280 g/mol. The molecule has 0 aliphatic carbocycles. The molecule has 0 radical (unpaired) electrons. The van der Waals surface area contributed by atoms with Gasteiger partial charge >= 0.3 is 5.69 Å². The number of nitrogens with one attached hydrogen (secondary N) is 1. The molecule has 6 nitrogen and oxygen atoms in total. The van der Waals surface area contributed by atoms with Gasteiger partial charge in [-0.2, -0.15) is 0 Å². The fourth-order valence-corrected chi connectivity index (χ4v) is 1.97. The summed E-state index contributed by atoms with van der Waals surface area (Å²) in [6, 6.07) is 3.20. The van der Waals surface area contributed by atoms with Crippen molar-refractivity contribution in [1.82, 2.24) is 4.98 Å². The molecule has 0 unspecified atom stereocenters. The Kier molecular flexibility index (Phi) is 6.21. The highest BCUT2D eigenvalue weighted by atomic mass is 16.6. The summed E-state index contributed by atoms with van der Waals surface area (Å²) in [5, 5.41) is 14.3.